The zero-order valence-corrected chi connectivity index (χ0v) is 19.8. The Morgan fingerprint density at radius 2 is 1.72 bits per heavy atom. The Labute approximate surface area is 196 Å². The van der Waals surface area contributed by atoms with Crippen LogP contribution in [0.4, 0.5) is 0 Å². The number of fused-ring (bicyclic) bond motifs is 1. The van der Waals surface area contributed by atoms with Gasteiger partial charge in [-0.3, -0.25) is 4.79 Å². The van der Waals surface area contributed by atoms with E-state index in [1.54, 1.807) is 16.8 Å². The van der Waals surface area contributed by atoms with Crippen molar-refractivity contribution < 1.29 is 24.1 Å². The van der Waals surface area contributed by atoms with Gasteiger partial charge in [-0.15, -0.1) is 10.2 Å². The van der Waals surface area contributed by atoms with Gasteiger partial charge in [-0.2, -0.15) is 9.78 Å². The molecule has 11 heteroatoms. The third-order valence-corrected chi connectivity index (χ3v) is 6.46. The fourth-order valence-corrected chi connectivity index (χ4v) is 4.69. The molecule has 4 rings (SSSR count). The van der Waals surface area contributed by atoms with Crippen molar-refractivity contribution >= 4 is 39.4 Å². The molecule has 2 aromatic carbocycles. The van der Waals surface area contributed by atoms with Crippen molar-refractivity contribution in [2.75, 3.05) is 21.3 Å². The minimum atomic E-state index is -0.912. The fourth-order valence-electron chi connectivity index (χ4n) is 3.34. The molecule has 1 aliphatic rings. The third-order valence-electron chi connectivity index (χ3n) is 4.80. The average Bonchev–Trinajstić information content (AvgIpc) is 3.20. The number of ether oxygens (including phenoxy) is 3. The van der Waals surface area contributed by atoms with Gasteiger partial charge < -0.3 is 19.3 Å². The number of carbonyl (C=O) groups is 1. The summed E-state index contributed by atoms with van der Waals surface area (Å²) in [5.41, 5.74) is 2.11. The second-order valence-electron chi connectivity index (χ2n) is 6.73. The van der Waals surface area contributed by atoms with E-state index in [1.165, 1.54) is 33.1 Å². The molecule has 0 aliphatic carbocycles. The van der Waals surface area contributed by atoms with Crippen LogP contribution in [0.5, 0.6) is 17.2 Å². The first kappa shape index (κ1) is 22.2. The Balaban J connectivity index is 1.85. The zero-order chi connectivity index (χ0) is 22.8. The van der Waals surface area contributed by atoms with Crippen LogP contribution in [0.3, 0.4) is 0 Å². The minimum absolute atomic E-state index is 0.0913. The summed E-state index contributed by atoms with van der Waals surface area (Å²) < 4.78 is 18.8. The predicted octanol–water partition coefficient (Wildman–Crippen LogP) is 3.93. The monoisotopic (exact) mass is 518 g/mol. The van der Waals surface area contributed by atoms with Gasteiger partial charge in [0.1, 0.15) is 0 Å². The van der Waals surface area contributed by atoms with Crippen molar-refractivity contribution in [3.05, 3.63) is 46.4 Å². The number of aliphatic carboxylic acids is 1. The molecule has 32 heavy (non-hydrogen) atoms. The molecule has 0 spiro atoms. The Kier molecular flexibility index (Phi) is 6.38. The van der Waals surface area contributed by atoms with Crippen LogP contribution in [0.15, 0.2) is 51.1 Å². The SMILES string of the molecule is COc1cc(-c2nnc3n2N=C(c2ccc(Br)cc2)C(CC(=O)O)S3)cc(OC)c1OC. The van der Waals surface area contributed by atoms with Crippen LogP contribution in [0, 0.1) is 0 Å². The van der Waals surface area contributed by atoms with E-state index >= 15 is 0 Å². The van der Waals surface area contributed by atoms with Crippen LogP contribution in [0.2, 0.25) is 0 Å². The summed E-state index contributed by atoms with van der Waals surface area (Å²) in [6.45, 7) is 0. The molecule has 0 fully saturated rings. The van der Waals surface area contributed by atoms with Gasteiger partial charge >= 0.3 is 5.97 Å². The van der Waals surface area contributed by atoms with Gasteiger partial charge in [0.2, 0.25) is 10.9 Å². The van der Waals surface area contributed by atoms with E-state index in [2.05, 4.69) is 26.1 Å². The molecule has 1 N–H and O–H groups in total. The molecule has 1 aromatic heterocycles. The van der Waals surface area contributed by atoms with E-state index < -0.39 is 11.2 Å². The van der Waals surface area contributed by atoms with Crippen molar-refractivity contribution in [3.8, 4) is 28.6 Å². The van der Waals surface area contributed by atoms with Crippen LogP contribution in [0.25, 0.3) is 11.4 Å². The number of nitrogens with zero attached hydrogens (tertiary/aromatic N) is 4. The normalized spacial score (nSPS) is 15.0. The standard InChI is InChI=1S/C21H19BrN4O5S/c1-29-14-8-12(9-15(30-2)19(14)31-3)20-23-24-21-26(20)25-18(16(32-21)10-17(27)28)11-4-6-13(22)7-5-11/h4-9,16H,10H2,1-3H3,(H,27,28). The molecule has 1 unspecified atom stereocenters. The van der Waals surface area contributed by atoms with Crippen molar-refractivity contribution in [1.82, 2.24) is 14.9 Å². The summed E-state index contributed by atoms with van der Waals surface area (Å²) in [6, 6.07) is 11.1. The molecule has 0 bridgehead atoms. The van der Waals surface area contributed by atoms with E-state index in [0.29, 0.717) is 39.5 Å². The number of aromatic nitrogens is 3. The molecule has 9 nitrogen and oxygen atoms in total. The van der Waals surface area contributed by atoms with E-state index in [4.69, 9.17) is 19.3 Å². The highest BCUT2D eigenvalue weighted by Crippen LogP contribution is 2.42. The van der Waals surface area contributed by atoms with Gasteiger partial charge in [0, 0.05) is 10.0 Å². The number of carboxylic acid groups (broad SMARTS) is 1. The number of hydrogen-bond acceptors (Lipinski definition) is 8. The van der Waals surface area contributed by atoms with E-state index in [-0.39, 0.29) is 6.42 Å². The van der Waals surface area contributed by atoms with Crippen molar-refractivity contribution in [2.24, 2.45) is 5.10 Å². The Morgan fingerprint density at radius 3 is 2.28 bits per heavy atom. The zero-order valence-electron chi connectivity index (χ0n) is 17.4. The van der Waals surface area contributed by atoms with Gasteiger partial charge in [-0.25, -0.2) is 0 Å². The highest BCUT2D eigenvalue weighted by molar-refractivity contribution is 9.10. The fraction of sp³-hybridized carbons (Fsp3) is 0.238. The predicted molar refractivity (Wildman–Crippen MR) is 123 cm³/mol. The molecule has 0 amide bonds. The minimum Gasteiger partial charge on any atom is -0.493 e. The van der Waals surface area contributed by atoms with Crippen molar-refractivity contribution in [2.45, 2.75) is 16.8 Å². The molecule has 1 atom stereocenters. The second kappa shape index (κ2) is 9.21. The number of halogens is 1. The Bertz CT molecular complexity index is 1170. The van der Waals surface area contributed by atoms with E-state index in [9.17, 15) is 9.90 Å². The Hall–Kier alpha value is -3.05. The maximum Gasteiger partial charge on any atom is 0.304 e. The first-order valence-corrected chi connectivity index (χ1v) is 11.1. The van der Waals surface area contributed by atoms with Crippen LogP contribution < -0.4 is 14.2 Å². The summed E-state index contributed by atoms with van der Waals surface area (Å²) in [5, 5.41) is 22.8. The lowest BCUT2D eigenvalue weighted by molar-refractivity contribution is -0.136. The summed E-state index contributed by atoms with van der Waals surface area (Å²) in [6.07, 6.45) is -0.0913. The van der Waals surface area contributed by atoms with Crippen LogP contribution >= 0.6 is 27.7 Å². The first-order chi connectivity index (χ1) is 15.4. The Morgan fingerprint density at radius 1 is 1.06 bits per heavy atom. The molecule has 0 saturated carbocycles. The quantitative estimate of drug-likeness (QED) is 0.501. The summed E-state index contributed by atoms with van der Waals surface area (Å²) >= 11 is 4.74. The number of carboxylic acids is 1. The average molecular weight is 519 g/mol. The number of benzene rings is 2. The first-order valence-electron chi connectivity index (χ1n) is 9.44. The molecule has 166 valence electrons. The van der Waals surface area contributed by atoms with Gasteiger partial charge in [0.15, 0.2) is 17.3 Å². The molecule has 0 radical (unpaired) electrons. The van der Waals surface area contributed by atoms with E-state index in [0.717, 1.165) is 10.0 Å². The van der Waals surface area contributed by atoms with Crippen LogP contribution in [0.1, 0.15) is 12.0 Å². The van der Waals surface area contributed by atoms with Gasteiger partial charge in [0.25, 0.3) is 0 Å². The van der Waals surface area contributed by atoms with Crippen LogP contribution in [-0.4, -0.2) is 58.2 Å². The van der Waals surface area contributed by atoms with Crippen LogP contribution in [-0.2, 0) is 4.79 Å². The van der Waals surface area contributed by atoms with Gasteiger partial charge in [-0.1, -0.05) is 39.8 Å². The molecule has 3 aromatic rings. The largest absolute Gasteiger partial charge is 0.493 e. The molecule has 0 saturated heterocycles. The lowest BCUT2D eigenvalue weighted by Crippen LogP contribution is -2.27. The second-order valence-corrected chi connectivity index (χ2v) is 8.81. The van der Waals surface area contributed by atoms with Crippen molar-refractivity contribution in [3.63, 3.8) is 0 Å². The summed E-state index contributed by atoms with van der Waals surface area (Å²) in [7, 11) is 4.61. The van der Waals surface area contributed by atoms with Gasteiger partial charge in [0.05, 0.1) is 38.7 Å². The number of thioether (sulfide) groups is 1. The van der Waals surface area contributed by atoms with E-state index in [1.807, 2.05) is 24.3 Å². The number of methoxy groups -OCH3 is 3. The molecular formula is C21H19BrN4O5S. The third kappa shape index (κ3) is 4.17. The number of hydrogen-bond donors (Lipinski definition) is 1. The molecule has 2 heterocycles. The highest BCUT2D eigenvalue weighted by atomic mass is 79.9. The molecular weight excluding hydrogens is 500 g/mol. The molecule has 1 aliphatic heterocycles. The summed E-state index contributed by atoms with van der Waals surface area (Å²) in [5.74, 6) is 0.972. The van der Waals surface area contributed by atoms with Gasteiger partial charge in [-0.05, 0) is 29.8 Å². The topological polar surface area (TPSA) is 108 Å². The summed E-state index contributed by atoms with van der Waals surface area (Å²) in [4.78, 5) is 11.5. The maximum absolute atomic E-state index is 11.5. The smallest absolute Gasteiger partial charge is 0.304 e. The lowest BCUT2D eigenvalue weighted by Gasteiger charge is -2.22. The number of rotatable bonds is 7. The lowest BCUT2D eigenvalue weighted by atomic mass is 10.1. The highest BCUT2D eigenvalue weighted by Gasteiger charge is 2.31. The van der Waals surface area contributed by atoms with Crippen molar-refractivity contribution in [1.29, 1.82) is 0 Å². The maximum atomic E-state index is 11.5.